The summed E-state index contributed by atoms with van der Waals surface area (Å²) < 4.78 is 0. The molecule has 4 nitrogen and oxygen atoms in total. The van der Waals surface area contributed by atoms with Gasteiger partial charge in [-0.1, -0.05) is 13.3 Å². The zero-order valence-corrected chi connectivity index (χ0v) is 13.2. The molecule has 112 valence electrons. The van der Waals surface area contributed by atoms with Gasteiger partial charge < -0.3 is 5.32 Å². The van der Waals surface area contributed by atoms with Crippen LogP contribution in [0.15, 0.2) is 24.5 Å². The molecular weight excluding hydrogens is 294 g/mol. The Bertz CT molecular complexity index is 730. The van der Waals surface area contributed by atoms with E-state index in [0.717, 1.165) is 31.2 Å². The molecule has 1 atom stereocenters. The van der Waals surface area contributed by atoms with E-state index in [2.05, 4.69) is 23.3 Å². The zero-order chi connectivity index (χ0) is 15.5. The van der Waals surface area contributed by atoms with Gasteiger partial charge in [0, 0.05) is 17.3 Å². The van der Waals surface area contributed by atoms with Crippen molar-refractivity contribution in [2.75, 3.05) is 5.32 Å². The molecule has 1 N–H and O–H groups in total. The topological polar surface area (TPSA) is 65.8 Å². The molecular formula is C17H17N3OS. The Hall–Kier alpha value is -2.19. The third-order valence-electron chi connectivity index (χ3n) is 4.21. The van der Waals surface area contributed by atoms with Crippen molar-refractivity contribution >= 4 is 22.2 Å². The minimum Gasteiger partial charge on any atom is -0.312 e. The highest BCUT2D eigenvalue weighted by molar-refractivity contribution is 7.16. The molecule has 0 aliphatic heterocycles. The fourth-order valence-electron chi connectivity index (χ4n) is 2.88. The van der Waals surface area contributed by atoms with Crippen molar-refractivity contribution in [3.63, 3.8) is 0 Å². The lowest BCUT2D eigenvalue weighted by molar-refractivity contribution is 0.102. The van der Waals surface area contributed by atoms with Crippen molar-refractivity contribution < 1.29 is 4.79 Å². The van der Waals surface area contributed by atoms with E-state index in [0.29, 0.717) is 22.0 Å². The highest BCUT2D eigenvalue weighted by atomic mass is 32.1. The van der Waals surface area contributed by atoms with Gasteiger partial charge in [0.1, 0.15) is 11.1 Å². The van der Waals surface area contributed by atoms with Crippen molar-refractivity contribution in [1.29, 1.82) is 5.26 Å². The van der Waals surface area contributed by atoms with Crippen molar-refractivity contribution in [2.45, 2.75) is 32.6 Å². The fraction of sp³-hybridized carbons (Fsp3) is 0.353. The van der Waals surface area contributed by atoms with Gasteiger partial charge in [-0.3, -0.25) is 9.78 Å². The molecule has 0 radical (unpaired) electrons. The lowest BCUT2D eigenvalue weighted by Crippen LogP contribution is -2.12. The number of fused-ring (bicyclic) bond motifs is 1. The van der Waals surface area contributed by atoms with Crippen LogP contribution in [-0.4, -0.2) is 10.9 Å². The number of aromatic nitrogens is 1. The zero-order valence-electron chi connectivity index (χ0n) is 12.4. The molecule has 0 saturated heterocycles. The third kappa shape index (κ3) is 2.75. The maximum Gasteiger partial charge on any atom is 0.257 e. The summed E-state index contributed by atoms with van der Waals surface area (Å²) in [5.74, 6) is 0.481. The van der Waals surface area contributed by atoms with Crippen molar-refractivity contribution in [3.05, 3.63) is 46.1 Å². The quantitative estimate of drug-likeness (QED) is 0.938. The number of nitrogens with one attached hydrogen (secondary N) is 1. The smallest absolute Gasteiger partial charge is 0.257 e. The summed E-state index contributed by atoms with van der Waals surface area (Å²) in [6, 6.07) is 5.72. The molecule has 0 fully saturated rings. The number of amides is 1. The number of carbonyl (C=O) groups is 1. The first-order chi connectivity index (χ1) is 10.7. The van der Waals surface area contributed by atoms with Crippen molar-refractivity contribution in [3.8, 4) is 6.07 Å². The molecule has 5 heteroatoms. The van der Waals surface area contributed by atoms with E-state index in [1.165, 1.54) is 11.1 Å². The van der Waals surface area contributed by atoms with Crippen LogP contribution in [0.1, 0.15) is 46.1 Å². The average Bonchev–Trinajstić information content (AvgIpc) is 2.91. The molecule has 0 spiro atoms. The molecule has 1 aliphatic carbocycles. The molecule has 3 rings (SSSR count). The van der Waals surface area contributed by atoms with E-state index >= 15 is 0 Å². The van der Waals surface area contributed by atoms with E-state index in [4.69, 9.17) is 0 Å². The standard InChI is InChI=1S/C17H17N3OS/c1-2-11-5-6-13-14(9-18)17(22-15(13)8-11)20-16(21)12-4-3-7-19-10-12/h3-4,7,10-11H,2,5-6,8H2,1H3,(H,20,21)/t11-/m0/s1. The van der Waals surface area contributed by atoms with Crippen LogP contribution in [0.5, 0.6) is 0 Å². The van der Waals surface area contributed by atoms with E-state index < -0.39 is 0 Å². The van der Waals surface area contributed by atoms with E-state index in [1.54, 1.807) is 29.7 Å². The summed E-state index contributed by atoms with van der Waals surface area (Å²) >= 11 is 1.55. The van der Waals surface area contributed by atoms with Crippen LogP contribution in [0.3, 0.4) is 0 Å². The number of nitrogens with zero attached hydrogens (tertiary/aromatic N) is 2. The molecule has 0 bridgehead atoms. The average molecular weight is 311 g/mol. The monoisotopic (exact) mass is 311 g/mol. The van der Waals surface area contributed by atoms with E-state index in [-0.39, 0.29) is 5.91 Å². The van der Waals surface area contributed by atoms with Crippen molar-refractivity contribution in [1.82, 2.24) is 4.98 Å². The second-order valence-electron chi connectivity index (χ2n) is 5.53. The van der Waals surface area contributed by atoms with Gasteiger partial charge >= 0.3 is 0 Å². The first-order valence-electron chi connectivity index (χ1n) is 7.49. The number of rotatable bonds is 3. The van der Waals surface area contributed by atoms with Crippen LogP contribution in [-0.2, 0) is 12.8 Å². The predicted octanol–water partition coefficient (Wildman–Crippen LogP) is 3.78. The Labute approximate surface area is 133 Å². The molecule has 0 unspecified atom stereocenters. The van der Waals surface area contributed by atoms with Gasteiger partial charge in [-0.15, -0.1) is 11.3 Å². The lowest BCUT2D eigenvalue weighted by Gasteiger charge is -2.20. The lowest BCUT2D eigenvalue weighted by atomic mass is 9.86. The van der Waals surface area contributed by atoms with Gasteiger partial charge in [0.25, 0.3) is 5.91 Å². The summed E-state index contributed by atoms with van der Waals surface area (Å²) in [5.41, 5.74) is 2.29. The second-order valence-corrected chi connectivity index (χ2v) is 6.64. The number of thiophene rings is 1. The number of anilines is 1. The summed E-state index contributed by atoms with van der Waals surface area (Å²) in [4.78, 5) is 17.5. The fourth-order valence-corrected chi connectivity index (χ4v) is 4.19. The van der Waals surface area contributed by atoms with Crippen LogP contribution < -0.4 is 5.32 Å². The minimum atomic E-state index is -0.213. The van der Waals surface area contributed by atoms with Gasteiger partial charge in [0.05, 0.1) is 11.1 Å². The molecule has 1 aliphatic rings. The molecule has 2 aromatic heterocycles. The Morgan fingerprint density at radius 1 is 1.59 bits per heavy atom. The second kappa shape index (κ2) is 6.29. The number of pyridine rings is 1. The van der Waals surface area contributed by atoms with Crippen LogP contribution in [0.25, 0.3) is 0 Å². The van der Waals surface area contributed by atoms with Gasteiger partial charge in [-0.05, 0) is 42.9 Å². The van der Waals surface area contributed by atoms with Gasteiger partial charge in [0.2, 0.25) is 0 Å². The summed E-state index contributed by atoms with van der Waals surface area (Å²) in [6.45, 7) is 2.21. The van der Waals surface area contributed by atoms with Crippen LogP contribution in [0, 0.1) is 17.2 Å². The van der Waals surface area contributed by atoms with Gasteiger partial charge in [0.15, 0.2) is 0 Å². The third-order valence-corrected chi connectivity index (χ3v) is 5.38. The number of hydrogen-bond donors (Lipinski definition) is 1. The number of hydrogen-bond acceptors (Lipinski definition) is 4. The maximum atomic E-state index is 12.3. The first kappa shape index (κ1) is 14.7. The van der Waals surface area contributed by atoms with E-state index in [1.807, 2.05) is 0 Å². The van der Waals surface area contributed by atoms with E-state index in [9.17, 15) is 10.1 Å². The minimum absolute atomic E-state index is 0.213. The largest absolute Gasteiger partial charge is 0.312 e. The summed E-state index contributed by atoms with van der Waals surface area (Å²) in [7, 11) is 0. The Balaban J connectivity index is 1.87. The SMILES string of the molecule is CC[C@H]1CCc2c(sc(NC(=O)c3cccnc3)c2C#N)C1. The molecule has 0 saturated carbocycles. The Kier molecular flexibility index (Phi) is 4.21. The van der Waals surface area contributed by atoms with Gasteiger partial charge in [-0.2, -0.15) is 5.26 Å². The molecule has 1 amide bonds. The van der Waals surface area contributed by atoms with Crippen LogP contribution >= 0.6 is 11.3 Å². The number of nitriles is 1. The molecule has 0 aromatic carbocycles. The highest BCUT2D eigenvalue weighted by Crippen LogP contribution is 2.40. The molecule has 2 heterocycles. The van der Waals surface area contributed by atoms with Crippen molar-refractivity contribution in [2.24, 2.45) is 5.92 Å². The maximum absolute atomic E-state index is 12.3. The first-order valence-corrected chi connectivity index (χ1v) is 8.30. The summed E-state index contributed by atoms with van der Waals surface area (Å²) in [6.07, 6.45) is 7.42. The van der Waals surface area contributed by atoms with Crippen LogP contribution in [0.4, 0.5) is 5.00 Å². The van der Waals surface area contributed by atoms with Gasteiger partial charge in [-0.25, -0.2) is 0 Å². The number of carbonyl (C=O) groups excluding carboxylic acids is 1. The summed E-state index contributed by atoms with van der Waals surface area (Å²) in [5, 5.41) is 13.0. The Morgan fingerprint density at radius 2 is 2.45 bits per heavy atom. The molecule has 2 aromatic rings. The predicted molar refractivity (Wildman–Crippen MR) is 87.0 cm³/mol. The Morgan fingerprint density at radius 3 is 3.14 bits per heavy atom. The molecule has 22 heavy (non-hydrogen) atoms. The van der Waals surface area contributed by atoms with Crippen LogP contribution in [0.2, 0.25) is 0 Å². The highest BCUT2D eigenvalue weighted by Gasteiger charge is 2.25. The normalized spacial score (nSPS) is 16.6.